The molecule has 2 aliphatic rings. The van der Waals surface area contributed by atoms with Gasteiger partial charge in [-0.3, -0.25) is 38.8 Å². The highest BCUT2D eigenvalue weighted by Gasteiger charge is 2.38. The molecular formula is C17H18N4O6. The first kappa shape index (κ1) is 19.8. The first-order chi connectivity index (χ1) is 12.6. The molecule has 142 valence electrons. The second-order valence-electron chi connectivity index (χ2n) is 5.88. The van der Waals surface area contributed by atoms with Crippen LogP contribution in [0, 0.1) is 0 Å². The van der Waals surface area contributed by atoms with Crippen molar-refractivity contribution in [2.75, 3.05) is 28.2 Å². The lowest BCUT2D eigenvalue weighted by atomic mass is 10.1. The molecular weight excluding hydrogens is 356 g/mol. The quantitative estimate of drug-likeness (QED) is 0.503. The van der Waals surface area contributed by atoms with E-state index in [-0.39, 0.29) is 17.6 Å². The highest BCUT2D eigenvalue weighted by molar-refractivity contribution is 6.29. The third-order valence-corrected chi connectivity index (χ3v) is 4.14. The number of barbiturate groups is 2. The Morgan fingerprint density at radius 3 is 1.41 bits per heavy atom. The average molecular weight is 374 g/mol. The number of amides is 8. The van der Waals surface area contributed by atoms with E-state index in [0.717, 1.165) is 19.6 Å². The lowest BCUT2D eigenvalue weighted by molar-refractivity contribution is -0.136. The molecule has 2 fully saturated rings. The van der Waals surface area contributed by atoms with Crippen LogP contribution >= 0.6 is 0 Å². The zero-order valence-corrected chi connectivity index (χ0v) is 15.3. The highest BCUT2D eigenvalue weighted by Crippen LogP contribution is 2.16. The van der Waals surface area contributed by atoms with Crippen LogP contribution < -0.4 is 0 Å². The summed E-state index contributed by atoms with van der Waals surface area (Å²) in [5.74, 6) is -2.83. The van der Waals surface area contributed by atoms with Crippen molar-refractivity contribution in [2.45, 2.75) is 6.42 Å². The molecule has 0 N–H and O–H groups in total. The summed E-state index contributed by atoms with van der Waals surface area (Å²) in [5, 5.41) is 0. The van der Waals surface area contributed by atoms with Gasteiger partial charge in [0.25, 0.3) is 23.6 Å². The zero-order chi connectivity index (χ0) is 20.5. The van der Waals surface area contributed by atoms with Gasteiger partial charge in [0.05, 0.1) is 0 Å². The van der Waals surface area contributed by atoms with E-state index in [0.29, 0.717) is 0 Å². The number of carbonyl (C=O) groups excluding carboxylic acids is 6. The third kappa shape index (κ3) is 3.41. The number of hydrogen-bond donors (Lipinski definition) is 0. The number of likely N-dealkylation sites (N-methyl/N-ethyl adjacent to an activating group) is 4. The highest BCUT2D eigenvalue weighted by atomic mass is 16.2. The van der Waals surface area contributed by atoms with Gasteiger partial charge in [0, 0.05) is 28.2 Å². The molecule has 0 aromatic rings. The standard InChI is InChI=1S/C17H18N4O6/c1-18-12(22)10(13(23)19(2)16(18)26)8-6-5-7-9-11-14(24)20(3)17(27)21(4)15(11)25/h5-6,8-9H,7H2,1-4H3/b6-5+. The second kappa shape index (κ2) is 7.36. The molecule has 0 unspecified atom stereocenters. The van der Waals surface area contributed by atoms with Gasteiger partial charge in [0.2, 0.25) is 0 Å². The van der Waals surface area contributed by atoms with Gasteiger partial charge in [-0.2, -0.15) is 0 Å². The predicted molar refractivity (Wildman–Crippen MR) is 91.8 cm³/mol. The molecule has 0 bridgehead atoms. The third-order valence-electron chi connectivity index (χ3n) is 4.14. The summed E-state index contributed by atoms with van der Waals surface area (Å²) in [5.41, 5.74) is -0.329. The summed E-state index contributed by atoms with van der Waals surface area (Å²) < 4.78 is 0. The van der Waals surface area contributed by atoms with Gasteiger partial charge >= 0.3 is 12.1 Å². The van der Waals surface area contributed by atoms with Gasteiger partial charge in [-0.15, -0.1) is 0 Å². The Hall–Kier alpha value is -3.56. The smallest absolute Gasteiger partial charge is 0.268 e. The van der Waals surface area contributed by atoms with Crippen molar-refractivity contribution in [1.29, 1.82) is 0 Å². The molecule has 2 saturated heterocycles. The van der Waals surface area contributed by atoms with E-state index in [1.54, 1.807) is 0 Å². The van der Waals surface area contributed by atoms with Crippen molar-refractivity contribution >= 4 is 35.7 Å². The van der Waals surface area contributed by atoms with Crippen LogP contribution in [0.4, 0.5) is 9.59 Å². The Morgan fingerprint density at radius 2 is 1.00 bits per heavy atom. The molecule has 0 saturated carbocycles. The fourth-order valence-electron chi connectivity index (χ4n) is 2.45. The first-order valence-corrected chi connectivity index (χ1v) is 7.86. The Kier molecular flexibility index (Phi) is 5.39. The van der Waals surface area contributed by atoms with Crippen molar-refractivity contribution < 1.29 is 28.8 Å². The van der Waals surface area contributed by atoms with Crippen LogP contribution in [-0.4, -0.2) is 83.5 Å². The molecule has 0 aromatic carbocycles. The summed E-state index contributed by atoms with van der Waals surface area (Å²) >= 11 is 0. The van der Waals surface area contributed by atoms with E-state index in [4.69, 9.17) is 0 Å². The van der Waals surface area contributed by atoms with Gasteiger partial charge in [0.1, 0.15) is 11.1 Å². The SMILES string of the molecule is CN1C(=O)C(=C/C=C/CC=C2C(=O)N(C)C(=O)N(C)C2=O)C(=O)N(C)C1=O. The van der Waals surface area contributed by atoms with E-state index >= 15 is 0 Å². The van der Waals surface area contributed by atoms with E-state index in [2.05, 4.69) is 0 Å². The summed E-state index contributed by atoms with van der Waals surface area (Å²) in [6.07, 6.45) is 5.70. The molecule has 0 radical (unpaired) electrons. The van der Waals surface area contributed by atoms with Crippen LogP contribution in [0.15, 0.2) is 35.5 Å². The molecule has 10 heteroatoms. The van der Waals surface area contributed by atoms with Gasteiger partial charge < -0.3 is 0 Å². The molecule has 0 atom stereocenters. The fraction of sp³-hybridized carbons (Fsp3) is 0.294. The van der Waals surface area contributed by atoms with Crippen LogP contribution in [0.25, 0.3) is 0 Å². The minimum Gasteiger partial charge on any atom is -0.268 e. The number of carbonyl (C=O) groups is 6. The molecule has 27 heavy (non-hydrogen) atoms. The monoisotopic (exact) mass is 374 g/mol. The van der Waals surface area contributed by atoms with Crippen LogP contribution in [0.5, 0.6) is 0 Å². The Morgan fingerprint density at radius 1 is 0.630 bits per heavy atom. The van der Waals surface area contributed by atoms with Crippen LogP contribution in [0.3, 0.4) is 0 Å². The van der Waals surface area contributed by atoms with Crippen LogP contribution in [0.1, 0.15) is 6.42 Å². The lowest BCUT2D eigenvalue weighted by Crippen LogP contribution is -2.53. The summed E-state index contributed by atoms with van der Waals surface area (Å²) in [6.45, 7) is 0. The zero-order valence-electron chi connectivity index (χ0n) is 15.3. The minimum absolute atomic E-state index is 0.146. The molecule has 2 rings (SSSR count). The maximum atomic E-state index is 12.0. The minimum atomic E-state index is -0.717. The molecule has 0 spiro atoms. The molecule has 0 aromatic heterocycles. The maximum absolute atomic E-state index is 12.0. The second-order valence-corrected chi connectivity index (χ2v) is 5.88. The van der Waals surface area contributed by atoms with Crippen molar-refractivity contribution in [3.63, 3.8) is 0 Å². The van der Waals surface area contributed by atoms with Gasteiger partial charge in [-0.1, -0.05) is 18.2 Å². The van der Waals surface area contributed by atoms with Gasteiger partial charge in [-0.05, 0) is 12.5 Å². The number of nitrogens with zero attached hydrogens (tertiary/aromatic N) is 4. The van der Waals surface area contributed by atoms with Gasteiger partial charge in [0.15, 0.2) is 0 Å². The Bertz CT molecular complexity index is 801. The number of rotatable bonds is 3. The van der Waals surface area contributed by atoms with Crippen molar-refractivity contribution in [2.24, 2.45) is 0 Å². The topological polar surface area (TPSA) is 115 Å². The molecule has 2 heterocycles. The first-order valence-electron chi connectivity index (χ1n) is 7.86. The molecule has 0 aliphatic carbocycles. The Balaban J connectivity index is 2.13. The normalized spacial score (nSPS) is 19.1. The number of urea groups is 2. The molecule has 2 aliphatic heterocycles. The van der Waals surface area contributed by atoms with E-state index in [1.807, 2.05) is 0 Å². The lowest BCUT2D eigenvalue weighted by Gasteiger charge is -2.28. The summed E-state index contributed by atoms with van der Waals surface area (Å²) in [6, 6.07) is -1.42. The molecule has 10 nitrogen and oxygen atoms in total. The van der Waals surface area contributed by atoms with Crippen molar-refractivity contribution in [3.05, 3.63) is 35.5 Å². The predicted octanol–water partition coefficient (Wildman–Crippen LogP) is -0.114. The Labute approximate surface area is 155 Å². The average Bonchev–Trinajstić information content (AvgIpc) is 2.66. The van der Waals surface area contributed by atoms with Crippen LogP contribution in [-0.2, 0) is 19.2 Å². The number of imide groups is 4. The summed E-state index contributed by atoms with van der Waals surface area (Å²) in [4.78, 5) is 74.6. The van der Waals surface area contributed by atoms with E-state index in [1.165, 1.54) is 52.5 Å². The van der Waals surface area contributed by atoms with Gasteiger partial charge in [-0.25, -0.2) is 9.59 Å². The largest absolute Gasteiger partial charge is 0.333 e. The summed E-state index contributed by atoms with van der Waals surface area (Å²) in [7, 11) is 5.08. The number of allylic oxidation sites excluding steroid dienone is 4. The van der Waals surface area contributed by atoms with Crippen molar-refractivity contribution in [1.82, 2.24) is 19.6 Å². The van der Waals surface area contributed by atoms with Crippen molar-refractivity contribution in [3.8, 4) is 0 Å². The van der Waals surface area contributed by atoms with Crippen LogP contribution in [0.2, 0.25) is 0 Å². The fourth-order valence-corrected chi connectivity index (χ4v) is 2.45. The molecule has 8 amide bonds. The van der Waals surface area contributed by atoms with E-state index in [9.17, 15) is 28.8 Å². The van der Waals surface area contributed by atoms with E-state index < -0.39 is 35.7 Å². The number of hydrogen-bond acceptors (Lipinski definition) is 6. The maximum Gasteiger partial charge on any atom is 0.333 e.